The molecule has 0 spiro atoms. The minimum atomic E-state index is -0.171. The van der Waals surface area contributed by atoms with Crippen molar-refractivity contribution < 1.29 is 9.21 Å². The minimum Gasteiger partial charge on any atom is -0.468 e. The van der Waals surface area contributed by atoms with Gasteiger partial charge in [0, 0.05) is 6.54 Å². The van der Waals surface area contributed by atoms with Gasteiger partial charge in [-0.15, -0.1) is 0 Å². The lowest BCUT2D eigenvalue weighted by Crippen LogP contribution is -2.44. The highest BCUT2D eigenvalue weighted by Gasteiger charge is 2.26. The number of amides is 1. The lowest BCUT2D eigenvalue weighted by molar-refractivity contribution is -0.122. The summed E-state index contributed by atoms with van der Waals surface area (Å²) in [4.78, 5) is 14.2. The van der Waals surface area contributed by atoms with Crippen LogP contribution in [0.1, 0.15) is 31.6 Å². The molecule has 0 saturated carbocycles. The number of rotatable bonds is 6. The monoisotopic (exact) mass is 265 g/mol. The van der Waals surface area contributed by atoms with Crippen LogP contribution in [0.4, 0.5) is 0 Å². The van der Waals surface area contributed by atoms with Gasteiger partial charge in [-0.25, -0.2) is 0 Å². The van der Waals surface area contributed by atoms with E-state index >= 15 is 0 Å². The lowest BCUT2D eigenvalue weighted by Gasteiger charge is -2.26. The molecule has 1 aliphatic rings. The fourth-order valence-electron chi connectivity index (χ4n) is 2.43. The third kappa shape index (κ3) is 3.58. The van der Waals surface area contributed by atoms with Crippen LogP contribution in [0.15, 0.2) is 22.8 Å². The molecule has 1 aromatic heterocycles. The van der Waals surface area contributed by atoms with Crippen molar-refractivity contribution in [1.82, 2.24) is 15.5 Å². The van der Waals surface area contributed by atoms with Gasteiger partial charge >= 0.3 is 0 Å². The van der Waals surface area contributed by atoms with Gasteiger partial charge in [0.15, 0.2) is 0 Å². The average molecular weight is 265 g/mol. The van der Waals surface area contributed by atoms with Gasteiger partial charge in [-0.3, -0.25) is 9.69 Å². The van der Waals surface area contributed by atoms with Crippen molar-refractivity contribution in [1.29, 1.82) is 0 Å². The van der Waals surface area contributed by atoms with E-state index in [0.29, 0.717) is 6.54 Å². The molecule has 2 unspecified atom stereocenters. The Bertz CT molecular complexity index is 385. The van der Waals surface area contributed by atoms with Crippen molar-refractivity contribution in [2.75, 3.05) is 26.7 Å². The molecule has 5 heteroatoms. The van der Waals surface area contributed by atoms with Gasteiger partial charge < -0.3 is 15.1 Å². The van der Waals surface area contributed by atoms with E-state index in [-0.39, 0.29) is 18.0 Å². The third-order valence-corrected chi connectivity index (χ3v) is 3.75. The number of nitrogens with one attached hydrogen (secondary N) is 2. The van der Waals surface area contributed by atoms with Crippen molar-refractivity contribution in [3.8, 4) is 0 Å². The van der Waals surface area contributed by atoms with E-state index in [4.69, 9.17) is 4.42 Å². The van der Waals surface area contributed by atoms with E-state index in [2.05, 4.69) is 15.5 Å². The van der Waals surface area contributed by atoms with E-state index in [0.717, 1.165) is 18.8 Å². The molecule has 0 bridgehead atoms. The van der Waals surface area contributed by atoms with E-state index in [1.807, 2.05) is 19.1 Å². The Morgan fingerprint density at radius 3 is 2.79 bits per heavy atom. The van der Waals surface area contributed by atoms with Crippen LogP contribution >= 0.6 is 0 Å². The zero-order valence-corrected chi connectivity index (χ0v) is 11.7. The van der Waals surface area contributed by atoms with Crippen LogP contribution in [-0.2, 0) is 4.79 Å². The molecule has 0 radical (unpaired) electrons. The molecular weight excluding hydrogens is 242 g/mol. The number of hydrogen-bond acceptors (Lipinski definition) is 4. The van der Waals surface area contributed by atoms with Crippen molar-refractivity contribution >= 4 is 5.91 Å². The Hall–Kier alpha value is -1.33. The second-order valence-electron chi connectivity index (χ2n) is 5.03. The first-order valence-electron chi connectivity index (χ1n) is 6.95. The first-order chi connectivity index (χ1) is 9.22. The summed E-state index contributed by atoms with van der Waals surface area (Å²) in [5.74, 6) is 0.956. The number of likely N-dealkylation sites (N-methyl/N-ethyl adjacent to an activating group) is 1. The molecule has 19 heavy (non-hydrogen) atoms. The highest BCUT2D eigenvalue weighted by atomic mass is 16.3. The molecule has 5 nitrogen and oxygen atoms in total. The standard InChI is InChI=1S/C14H23N3O2/c1-11(15-2)14(18)16-10-12(13-6-5-9-19-13)17-7-3-4-8-17/h5-6,9,11-12,15H,3-4,7-8,10H2,1-2H3,(H,16,18). The van der Waals surface area contributed by atoms with Gasteiger partial charge in [0.25, 0.3) is 0 Å². The summed E-state index contributed by atoms with van der Waals surface area (Å²) < 4.78 is 5.52. The van der Waals surface area contributed by atoms with E-state index in [1.54, 1.807) is 13.3 Å². The van der Waals surface area contributed by atoms with Gasteiger partial charge in [0.2, 0.25) is 5.91 Å². The van der Waals surface area contributed by atoms with E-state index in [9.17, 15) is 4.79 Å². The number of carbonyl (C=O) groups is 1. The fraction of sp³-hybridized carbons (Fsp3) is 0.643. The molecule has 2 atom stereocenters. The Morgan fingerprint density at radius 1 is 1.47 bits per heavy atom. The van der Waals surface area contributed by atoms with Gasteiger partial charge in [0.1, 0.15) is 5.76 Å². The highest BCUT2D eigenvalue weighted by Crippen LogP contribution is 2.24. The molecule has 2 N–H and O–H groups in total. The topological polar surface area (TPSA) is 57.5 Å². The Balaban J connectivity index is 1.96. The maximum absolute atomic E-state index is 11.8. The SMILES string of the molecule is CNC(C)C(=O)NCC(c1ccco1)N1CCCC1. The first kappa shape index (κ1) is 14.1. The largest absolute Gasteiger partial charge is 0.468 e. The van der Waals surface area contributed by atoms with E-state index in [1.165, 1.54) is 12.8 Å². The smallest absolute Gasteiger partial charge is 0.236 e. The molecule has 1 fully saturated rings. The Labute approximate surface area is 114 Å². The second kappa shape index (κ2) is 6.73. The molecular formula is C14H23N3O2. The zero-order valence-electron chi connectivity index (χ0n) is 11.7. The van der Waals surface area contributed by atoms with Crippen LogP contribution in [0.3, 0.4) is 0 Å². The van der Waals surface area contributed by atoms with Gasteiger partial charge in [-0.1, -0.05) is 0 Å². The summed E-state index contributed by atoms with van der Waals surface area (Å²) in [5.41, 5.74) is 0. The lowest BCUT2D eigenvalue weighted by atomic mass is 10.2. The van der Waals surface area contributed by atoms with Crippen molar-refractivity contribution in [3.05, 3.63) is 24.2 Å². The predicted molar refractivity (Wildman–Crippen MR) is 73.8 cm³/mol. The number of likely N-dealkylation sites (tertiary alicyclic amines) is 1. The molecule has 106 valence electrons. The number of furan rings is 1. The summed E-state index contributed by atoms with van der Waals surface area (Å²) >= 11 is 0. The van der Waals surface area contributed by atoms with Crippen LogP contribution in [0.5, 0.6) is 0 Å². The summed E-state index contributed by atoms with van der Waals surface area (Å²) in [6.45, 7) is 4.59. The number of nitrogens with zero attached hydrogens (tertiary/aromatic N) is 1. The summed E-state index contributed by atoms with van der Waals surface area (Å²) in [6.07, 6.45) is 4.13. The van der Waals surface area contributed by atoms with Crippen molar-refractivity contribution in [3.63, 3.8) is 0 Å². The maximum atomic E-state index is 11.8. The van der Waals surface area contributed by atoms with Crippen LogP contribution in [0, 0.1) is 0 Å². The molecule has 1 amide bonds. The zero-order chi connectivity index (χ0) is 13.7. The molecule has 0 aromatic carbocycles. The highest BCUT2D eigenvalue weighted by molar-refractivity contribution is 5.81. The predicted octanol–water partition coefficient (Wildman–Crippen LogP) is 1.14. The molecule has 2 rings (SSSR count). The van der Waals surface area contributed by atoms with Gasteiger partial charge in [-0.05, 0) is 52.0 Å². The van der Waals surface area contributed by atoms with Crippen molar-refractivity contribution in [2.45, 2.75) is 31.8 Å². The Morgan fingerprint density at radius 2 is 2.21 bits per heavy atom. The number of carbonyl (C=O) groups excluding carboxylic acids is 1. The second-order valence-corrected chi connectivity index (χ2v) is 5.03. The van der Waals surface area contributed by atoms with E-state index < -0.39 is 0 Å². The van der Waals surface area contributed by atoms with Gasteiger partial charge in [-0.2, -0.15) is 0 Å². The molecule has 1 aliphatic heterocycles. The summed E-state index contributed by atoms with van der Waals surface area (Å²) in [6, 6.07) is 3.86. The Kier molecular flexibility index (Phi) is 4.99. The maximum Gasteiger partial charge on any atom is 0.236 e. The van der Waals surface area contributed by atoms with Crippen LogP contribution in [0.25, 0.3) is 0 Å². The van der Waals surface area contributed by atoms with Crippen LogP contribution in [0.2, 0.25) is 0 Å². The minimum absolute atomic E-state index is 0.0262. The summed E-state index contributed by atoms with van der Waals surface area (Å²) in [7, 11) is 1.79. The fourth-order valence-corrected chi connectivity index (χ4v) is 2.43. The molecule has 0 aliphatic carbocycles. The first-order valence-corrected chi connectivity index (χ1v) is 6.95. The third-order valence-electron chi connectivity index (χ3n) is 3.75. The van der Waals surface area contributed by atoms with Gasteiger partial charge in [0.05, 0.1) is 18.3 Å². The molecule has 1 saturated heterocycles. The quantitative estimate of drug-likeness (QED) is 0.810. The molecule has 2 heterocycles. The summed E-state index contributed by atoms with van der Waals surface area (Å²) in [5, 5.41) is 5.94. The average Bonchev–Trinajstić information content (AvgIpc) is 3.11. The van der Waals surface area contributed by atoms with Crippen LogP contribution < -0.4 is 10.6 Å². The van der Waals surface area contributed by atoms with Crippen molar-refractivity contribution in [2.24, 2.45) is 0 Å². The normalized spacial score (nSPS) is 19.3. The molecule has 1 aromatic rings. The number of hydrogen-bond donors (Lipinski definition) is 2. The van der Waals surface area contributed by atoms with Crippen LogP contribution in [-0.4, -0.2) is 43.5 Å².